The van der Waals surface area contributed by atoms with E-state index >= 15 is 0 Å². The molecule has 1 aromatic carbocycles. The summed E-state index contributed by atoms with van der Waals surface area (Å²) in [6.07, 6.45) is 3.75. The lowest BCUT2D eigenvalue weighted by atomic mass is 9.92. The molecule has 2 fully saturated rings. The topological polar surface area (TPSA) is 72.0 Å². The van der Waals surface area contributed by atoms with Crippen LogP contribution in [0.15, 0.2) is 23.6 Å². The molecule has 8 heteroatoms. The smallest absolute Gasteiger partial charge is 0.273 e. The highest BCUT2D eigenvalue weighted by molar-refractivity contribution is 7.13. The largest absolute Gasteiger partial charge is 0.493 e. The Labute approximate surface area is 193 Å². The van der Waals surface area contributed by atoms with E-state index in [0.717, 1.165) is 42.9 Å². The van der Waals surface area contributed by atoms with Crippen LogP contribution < -0.4 is 9.47 Å². The van der Waals surface area contributed by atoms with Crippen molar-refractivity contribution < 1.29 is 19.1 Å². The van der Waals surface area contributed by atoms with Crippen LogP contribution in [0.4, 0.5) is 0 Å². The molecule has 0 aliphatic carbocycles. The van der Waals surface area contributed by atoms with E-state index in [1.54, 1.807) is 19.6 Å². The molecule has 7 nitrogen and oxygen atoms in total. The summed E-state index contributed by atoms with van der Waals surface area (Å²) in [7, 11) is 3.19. The van der Waals surface area contributed by atoms with E-state index in [2.05, 4.69) is 11.9 Å². The van der Waals surface area contributed by atoms with Crippen molar-refractivity contribution in [2.75, 3.05) is 40.4 Å². The van der Waals surface area contributed by atoms with Crippen molar-refractivity contribution in [3.63, 3.8) is 0 Å². The van der Waals surface area contributed by atoms with E-state index in [1.165, 1.54) is 17.8 Å². The molecule has 2 saturated heterocycles. The molecule has 2 aliphatic heterocycles. The van der Waals surface area contributed by atoms with Gasteiger partial charge in [-0.05, 0) is 49.8 Å². The Morgan fingerprint density at radius 3 is 2.47 bits per heavy atom. The van der Waals surface area contributed by atoms with Gasteiger partial charge in [0, 0.05) is 43.0 Å². The summed E-state index contributed by atoms with van der Waals surface area (Å²) in [6.45, 7) is 5.16. The molecule has 2 aliphatic rings. The standard InChI is InChI=1S/C24H31N3O4S/c1-16-5-4-10-27(14-16)23(28)17-8-11-26(12-9-17)24(29)19-15-32-22(25-19)18-6-7-20(30-2)21(13-18)31-3/h6-7,13,15-17H,4-5,8-12,14H2,1-3H3. The Balaban J connectivity index is 1.37. The van der Waals surface area contributed by atoms with E-state index in [9.17, 15) is 9.59 Å². The zero-order valence-corrected chi connectivity index (χ0v) is 19.8. The van der Waals surface area contributed by atoms with Gasteiger partial charge < -0.3 is 19.3 Å². The summed E-state index contributed by atoms with van der Waals surface area (Å²) in [5.74, 6) is 2.10. The third-order valence-electron chi connectivity index (χ3n) is 6.45. The summed E-state index contributed by atoms with van der Waals surface area (Å²) in [5.41, 5.74) is 1.33. The van der Waals surface area contributed by atoms with Crippen LogP contribution in [-0.2, 0) is 4.79 Å². The number of hydrogen-bond donors (Lipinski definition) is 0. The van der Waals surface area contributed by atoms with Crippen LogP contribution in [0.5, 0.6) is 11.5 Å². The number of likely N-dealkylation sites (tertiary alicyclic amines) is 2. The number of benzene rings is 1. The Hall–Kier alpha value is -2.61. The molecule has 172 valence electrons. The molecule has 0 spiro atoms. The quantitative estimate of drug-likeness (QED) is 0.680. The molecule has 0 radical (unpaired) electrons. The van der Waals surface area contributed by atoms with Crippen molar-refractivity contribution in [2.45, 2.75) is 32.6 Å². The normalized spacial score (nSPS) is 19.7. The van der Waals surface area contributed by atoms with Crippen molar-refractivity contribution >= 4 is 23.2 Å². The third-order valence-corrected chi connectivity index (χ3v) is 7.35. The monoisotopic (exact) mass is 457 g/mol. The predicted molar refractivity (Wildman–Crippen MR) is 124 cm³/mol. The van der Waals surface area contributed by atoms with Gasteiger partial charge in [0.05, 0.1) is 14.2 Å². The van der Waals surface area contributed by atoms with E-state index < -0.39 is 0 Å². The average molecular weight is 458 g/mol. The zero-order valence-electron chi connectivity index (χ0n) is 19.0. The summed E-state index contributed by atoms with van der Waals surface area (Å²) >= 11 is 1.44. The number of thiazole rings is 1. The number of aromatic nitrogens is 1. The first-order chi connectivity index (χ1) is 15.5. The average Bonchev–Trinajstić information content (AvgIpc) is 3.33. The molecule has 3 heterocycles. The number of methoxy groups -OCH3 is 2. The van der Waals surface area contributed by atoms with Gasteiger partial charge in [0.1, 0.15) is 10.7 Å². The molecule has 0 saturated carbocycles. The number of carbonyl (C=O) groups is 2. The van der Waals surface area contributed by atoms with E-state index in [4.69, 9.17) is 9.47 Å². The molecule has 4 rings (SSSR count). The van der Waals surface area contributed by atoms with Crippen LogP contribution in [0.2, 0.25) is 0 Å². The highest BCUT2D eigenvalue weighted by Gasteiger charge is 2.32. The number of carbonyl (C=O) groups excluding carboxylic acids is 2. The summed E-state index contributed by atoms with van der Waals surface area (Å²) < 4.78 is 10.7. The maximum Gasteiger partial charge on any atom is 0.273 e. The van der Waals surface area contributed by atoms with Crippen molar-refractivity contribution in [2.24, 2.45) is 11.8 Å². The predicted octanol–water partition coefficient (Wildman–Crippen LogP) is 3.94. The van der Waals surface area contributed by atoms with E-state index in [-0.39, 0.29) is 17.7 Å². The van der Waals surface area contributed by atoms with Gasteiger partial charge >= 0.3 is 0 Å². The second kappa shape index (κ2) is 9.90. The minimum Gasteiger partial charge on any atom is -0.493 e. The number of hydrogen-bond acceptors (Lipinski definition) is 6. The highest BCUT2D eigenvalue weighted by Crippen LogP contribution is 2.34. The number of ether oxygens (including phenoxy) is 2. The van der Waals surface area contributed by atoms with Gasteiger partial charge in [-0.15, -0.1) is 11.3 Å². The van der Waals surface area contributed by atoms with Gasteiger partial charge in [0.15, 0.2) is 11.5 Å². The Kier molecular flexibility index (Phi) is 6.98. The molecule has 0 N–H and O–H groups in total. The van der Waals surface area contributed by atoms with Crippen molar-refractivity contribution in [3.05, 3.63) is 29.3 Å². The van der Waals surface area contributed by atoms with Crippen LogP contribution in [0, 0.1) is 11.8 Å². The fraction of sp³-hybridized carbons (Fsp3) is 0.542. The minimum absolute atomic E-state index is 0.0297. The third kappa shape index (κ3) is 4.75. The van der Waals surface area contributed by atoms with Gasteiger partial charge in [-0.1, -0.05) is 6.92 Å². The number of rotatable bonds is 5. The highest BCUT2D eigenvalue weighted by atomic mass is 32.1. The molecular weight excluding hydrogens is 426 g/mol. The first-order valence-electron chi connectivity index (χ1n) is 11.3. The second-order valence-corrected chi connectivity index (χ2v) is 9.56. The second-order valence-electron chi connectivity index (χ2n) is 8.71. The van der Waals surface area contributed by atoms with Crippen LogP contribution in [0.3, 0.4) is 0 Å². The number of piperidine rings is 2. The van der Waals surface area contributed by atoms with Gasteiger partial charge in [-0.25, -0.2) is 4.98 Å². The van der Waals surface area contributed by atoms with E-state index in [0.29, 0.717) is 36.2 Å². The molecule has 1 unspecified atom stereocenters. The van der Waals surface area contributed by atoms with Crippen LogP contribution in [0.1, 0.15) is 43.1 Å². The minimum atomic E-state index is -0.0644. The lowest BCUT2D eigenvalue weighted by Crippen LogP contribution is -2.47. The van der Waals surface area contributed by atoms with Crippen molar-refractivity contribution in [3.8, 4) is 22.1 Å². The van der Waals surface area contributed by atoms with Crippen LogP contribution in [0.25, 0.3) is 10.6 Å². The van der Waals surface area contributed by atoms with Crippen molar-refractivity contribution in [1.29, 1.82) is 0 Å². The Bertz CT molecular complexity index is 968. The van der Waals surface area contributed by atoms with Crippen molar-refractivity contribution in [1.82, 2.24) is 14.8 Å². The SMILES string of the molecule is COc1ccc(-c2nc(C(=O)N3CCC(C(=O)N4CCCC(C)C4)CC3)cs2)cc1OC. The van der Waals surface area contributed by atoms with Gasteiger partial charge in [-0.3, -0.25) is 9.59 Å². The summed E-state index contributed by atoms with van der Waals surface area (Å²) in [5, 5.41) is 2.57. The maximum atomic E-state index is 13.0. The van der Waals surface area contributed by atoms with Crippen LogP contribution in [-0.4, -0.2) is 67.0 Å². The molecule has 32 heavy (non-hydrogen) atoms. The maximum absolute atomic E-state index is 13.0. The number of nitrogens with zero attached hydrogens (tertiary/aromatic N) is 3. The van der Waals surface area contributed by atoms with Gasteiger partial charge in [-0.2, -0.15) is 0 Å². The molecule has 2 amide bonds. The molecule has 2 aromatic rings. The van der Waals surface area contributed by atoms with E-state index in [1.807, 2.05) is 28.0 Å². The molecule has 1 aromatic heterocycles. The Morgan fingerprint density at radius 1 is 1.03 bits per heavy atom. The molecule has 1 atom stereocenters. The van der Waals surface area contributed by atoms with Crippen LogP contribution >= 0.6 is 11.3 Å². The lowest BCUT2D eigenvalue weighted by molar-refractivity contribution is -0.138. The fourth-order valence-electron chi connectivity index (χ4n) is 4.61. The summed E-state index contributed by atoms with van der Waals surface area (Å²) in [6, 6.07) is 5.61. The Morgan fingerprint density at radius 2 is 1.78 bits per heavy atom. The van der Waals surface area contributed by atoms with Gasteiger partial charge in [0.2, 0.25) is 5.91 Å². The zero-order chi connectivity index (χ0) is 22.7. The molecular formula is C24H31N3O4S. The lowest BCUT2D eigenvalue weighted by Gasteiger charge is -2.37. The number of amides is 2. The summed E-state index contributed by atoms with van der Waals surface area (Å²) in [4.78, 5) is 34.4. The fourth-order valence-corrected chi connectivity index (χ4v) is 5.40. The first-order valence-corrected chi connectivity index (χ1v) is 12.1. The molecule has 0 bridgehead atoms. The first kappa shape index (κ1) is 22.6. The van der Waals surface area contributed by atoms with Gasteiger partial charge in [0.25, 0.3) is 5.91 Å².